The van der Waals surface area contributed by atoms with Gasteiger partial charge in [0, 0.05) is 32.7 Å². The summed E-state index contributed by atoms with van der Waals surface area (Å²) in [5, 5.41) is 9.08. The van der Waals surface area contributed by atoms with E-state index in [0.717, 1.165) is 25.2 Å². The molecule has 1 saturated heterocycles. The molecular weight excluding hydrogens is 320 g/mol. The van der Waals surface area contributed by atoms with Gasteiger partial charge in [-0.1, -0.05) is 42.5 Å². The second kappa shape index (κ2) is 7.76. The van der Waals surface area contributed by atoms with Gasteiger partial charge in [0.25, 0.3) is 5.91 Å². The molecule has 0 spiro atoms. The molecule has 2 heterocycles. The van der Waals surface area contributed by atoms with E-state index in [9.17, 15) is 9.59 Å². The Balaban J connectivity index is 1.51. The van der Waals surface area contributed by atoms with Gasteiger partial charge in [0.05, 0.1) is 6.33 Å². The molecule has 3 rings (SSSR count). The maximum absolute atomic E-state index is 12.4. The molecule has 7 nitrogen and oxygen atoms in total. The van der Waals surface area contributed by atoms with Crippen LogP contribution >= 0.6 is 0 Å². The lowest BCUT2D eigenvalue weighted by atomic mass is 10.2. The van der Waals surface area contributed by atoms with Gasteiger partial charge in [-0.15, -0.1) is 0 Å². The molecule has 0 saturated carbocycles. The number of aromatic nitrogens is 2. The number of piperazine rings is 1. The van der Waals surface area contributed by atoms with E-state index in [1.807, 2.05) is 18.2 Å². The van der Waals surface area contributed by atoms with E-state index >= 15 is 0 Å². The van der Waals surface area contributed by atoms with E-state index in [4.69, 9.17) is 5.11 Å². The third-order valence-electron chi connectivity index (χ3n) is 4.19. The normalized spacial score (nSPS) is 15.6. The average molecular weight is 340 g/mol. The number of carbonyl (C=O) groups excluding carboxylic acids is 1. The van der Waals surface area contributed by atoms with Gasteiger partial charge in [0.15, 0.2) is 11.4 Å². The van der Waals surface area contributed by atoms with Crippen LogP contribution in [-0.2, 0) is 0 Å². The Morgan fingerprint density at radius 2 is 1.88 bits per heavy atom. The number of H-pyrrole nitrogens is 1. The molecule has 1 amide bonds. The first-order valence-corrected chi connectivity index (χ1v) is 8.15. The van der Waals surface area contributed by atoms with Gasteiger partial charge in [-0.3, -0.25) is 9.69 Å². The van der Waals surface area contributed by atoms with E-state index < -0.39 is 5.97 Å². The predicted octanol–water partition coefficient (Wildman–Crippen LogP) is 1.58. The second-order valence-corrected chi connectivity index (χ2v) is 5.84. The number of carboxylic acids is 1. The van der Waals surface area contributed by atoms with Crippen LogP contribution in [0.3, 0.4) is 0 Å². The van der Waals surface area contributed by atoms with Crippen molar-refractivity contribution in [3.05, 3.63) is 59.7 Å². The van der Waals surface area contributed by atoms with Crippen LogP contribution in [0.4, 0.5) is 0 Å². The van der Waals surface area contributed by atoms with Crippen LogP contribution in [0.1, 0.15) is 26.5 Å². The Morgan fingerprint density at radius 3 is 2.56 bits per heavy atom. The predicted molar refractivity (Wildman–Crippen MR) is 93.4 cm³/mol. The highest BCUT2D eigenvalue weighted by molar-refractivity contribution is 6.02. The molecule has 1 aliphatic heterocycles. The number of amides is 1. The van der Waals surface area contributed by atoms with Gasteiger partial charge < -0.3 is 15.0 Å². The number of hydrogen-bond acceptors (Lipinski definition) is 4. The fraction of sp³-hybridized carbons (Fsp3) is 0.278. The van der Waals surface area contributed by atoms with Crippen LogP contribution in [-0.4, -0.2) is 69.5 Å². The molecule has 0 unspecified atom stereocenters. The minimum absolute atomic E-state index is 0.0232. The van der Waals surface area contributed by atoms with Gasteiger partial charge in [-0.05, 0) is 5.56 Å². The van der Waals surface area contributed by atoms with Crippen molar-refractivity contribution in [3.8, 4) is 0 Å². The Labute approximate surface area is 145 Å². The Morgan fingerprint density at radius 1 is 1.16 bits per heavy atom. The fourth-order valence-electron chi connectivity index (χ4n) is 2.80. The summed E-state index contributed by atoms with van der Waals surface area (Å²) in [5.74, 6) is -1.51. The molecule has 0 bridgehead atoms. The van der Waals surface area contributed by atoms with Crippen LogP contribution in [0.2, 0.25) is 0 Å². The van der Waals surface area contributed by atoms with Crippen molar-refractivity contribution < 1.29 is 14.7 Å². The summed E-state index contributed by atoms with van der Waals surface area (Å²) in [6.45, 7) is 3.43. The summed E-state index contributed by atoms with van der Waals surface area (Å²) < 4.78 is 0. The third-order valence-corrected chi connectivity index (χ3v) is 4.19. The van der Waals surface area contributed by atoms with Gasteiger partial charge in [-0.2, -0.15) is 0 Å². The molecule has 0 aliphatic carbocycles. The summed E-state index contributed by atoms with van der Waals surface area (Å²) in [7, 11) is 0. The summed E-state index contributed by atoms with van der Waals surface area (Å²) in [6.07, 6.45) is 5.44. The molecule has 2 aromatic rings. The van der Waals surface area contributed by atoms with Crippen molar-refractivity contribution in [1.29, 1.82) is 0 Å². The van der Waals surface area contributed by atoms with Crippen LogP contribution < -0.4 is 0 Å². The summed E-state index contributed by atoms with van der Waals surface area (Å²) in [4.78, 5) is 33.8. The number of nitrogens with one attached hydrogen (secondary N) is 1. The number of aromatic amines is 1. The molecule has 130 valence electrons. The quantitative estimate of drug-likeness (QED) is 0.862. The zero-order chi connectivity index (χ0) is 17.6. The lowest BCUT2D eigenvalue weighted by Crippen LogP contribution is -2.48. The first kappa shape index (κ1) is 16.9. The number of aromatic carboxylic acids is 1. The molecular formula is C18H20N4O3. The molecule has 0 atom stereocenters. The minimum Gasteiger partial charge on any atom is -0.477 e. The Hall–Kier alpha value is -2.93. The van der Waals surface area contributed by atoms with E-state index in [2.05, 4.69) is 39.2 Å². The lowest BCUT2D eigenvalue weighted by Gasteiger charge is -2.33. The van der Waals surface area contributed by atoms with Crippen molar-refractivity contribution in [1.82, 2.24) is 19.8 Å². The second-order valence-electron chi connectivity index (χ2n) is 5.84. The molecule has 1 aromatic carbocycles. The maximum Gasteiger partial charge on any atom is 0.354 e. The standard InChI is InChI=1S/C18H20N4O3/c23-17(15-16(18(24)25)20-13-19-15)22-11-9-21(10-12-22)8-4-7-14-5-2-1-3-6-14/h1-7,13H,8-12H2,(H,19,20)(H,24,25). The SMILES string of the molecule is O=C(O)c1[nH]cnc1C(=O)N1CCN(CC=Cc2ccccc2)CC1. The molecule has 0 radical (unpaired) electrons. The van der Waals surface area contributed by atoms with Crippen LogP contribution in [0.25, 0.3) is 6.08 Å². The summed E-state index contributed by atoms with van der Waals surface area (Å²) >= 11 is 0. The molecule has 1 aromatic heterocycles. The number of imidazole rings is 1. The Kier molecular flexibility index (Phi) is 5.25. The monoisotopic (exact) mass is 340 g/mol. The first-order chi connectivity index (χ1) is 12.1. The molecule has 1 aliphatic rings. The average Bonchev–Trinajstić information content (AvgIpc) is 3.13. The van der Waals surface area contributed by atoms with Gasteiger partial charge >= 0.3 is 5.97 Å². The lowest BCUT2D eigenvalue weighted by molar-refractivity contribution is 0.0619. The number of carboxylic acid groups (broad SMARTS) is 1. The summed E-state index contributed by atoms with van der Waals surface area (Å²) in [6, 6.07) is 10.1. The number of benzene rings is 1. The third kappa shape index (κ3) is 4.13. The van der Waals surface area contributed by atoms with Gasteiger partial charge in [0.1, 0.15) is 0 Å². The molecule has 1 fully saturated rings. The highest BCUT2D eigenvalue weighted by Gasteiger charge is 2.27. The van der Waals surface area contributed by atoms with Crippen molar-refractivity contribution in [2.45, 2.75) is 0 Å². The number of carbonyl (C=O) groups is 2. The van der Waals surface area contributed by atoms with Crippen LogP contribution in [0, 0.1) is 0 Å². The van der Waals surface area contributed by atoms with Crippen molar-refractivity contribution in [2.24, 2.45) is 0 Å². The molecule has 25 heavy (non-hydrogen) atoms. The highest BCUT2D eigenvalue weighted by atomic mass is 16.4. The van der Waals surface area contributed by atoms with Crippen LogP contribution in [0.15, 0.2) is 42.7 Å². The maximum atomic E-state index is 12.4. The largest absolute Gasteiger partial charge is 0.477 e. The minimum atomic E-state index is -1.18. The number of rotatable bonds is 5. The first-order valence-electron chi connectivity index (χ1n) is 8.15. The highest BCUT2D eigenvalue weighted by Crippen LogP contribution is 2.11. The smallest absolute Gasteiger partial charge is 0.354 e. The van der Waals surface area contributed by atoms with Gasteiger partial charge in [-0.25, -0.2) is 9.78 Å². The van der Waals surface area contributed by atoms with E-state index in [1.54, 1.807) is 4.90 Å². The van der Waals surface area contributed by atoms with Gasteiger partial charge in [0.2, 0.25) is 0 Å². The number of nitrogens with zero attached hydrogens (tertiary/aromatic N) is 3. The topological polar surface area (TPSA) is 89.5 Å². The van der Waals surface area contributed by atoms with E-state index in [-0.39, 0.29) is 17.3 Å². The van der Waals surface area contributed by atoms with E-state index in [1.165, 1.54) is 6.33 Å². The number of hydrogen-bond donors (Lipinski definition) is 2. The van der Waals surface area contributed by atoms with E-state index in [0.29, 0.717) is 13.1 Å². The van der Waals surface area contributed by atoms with Crippen molar-refractivity contribution in [2.75, 3.05) is 32.7 Å². The fourth-order valence-corrected chi connectivity index (χ4v) is 2.80. The Bertz CT molecular complexity index is 762. The zero-order valence-electron chi connectivity index (χ0n) is 13.8. The van der Waals surface area contributed by atoms with Crippen molar-refractivity contribution in [3.63, 3.8) is 0 Å². The zero-order valence-corrected chi connectivity index (χ0v) is 13.8. The molecule has 2 N–H and O–H groups in total. The van der Waals surface area contributed by atoms with Crippen LogP contribution in [0.5, 0.6) is 0 Å². The summed E-state index contributed by atoms with van der Waals surface area (Å²) in [5.41, 5.74) is 0.985. The molecule has 7 heteroatoms. The van der Waals surface area contributed by atoms with Crippen molar-refractivity contribution >= 4 is 18.0 Å².